The van der Waals surface area contributed by atoms with E-state index in [0.717, 1.165) is 19.3 Å². The van der Waals surface area contributed by atoms with Crippen molar-refractivity contribution in [3.05, 3.63) is 35.9 Å². The van der Waals surface area contributed by atoms with Gasteiger partial charge >= 0.3 is 0 Å². The van der Waals surface area contributed by atoms with Gasteiger partial charge in [-0.2, -0.15) is 0 Å². The molecule has 1 aliphatic carbocycles. The van der Waals surface area contributed by atoms with Crippen molar-refractivity contribution in [1.29, 1.82) is 0 Å². The van der Waals surface area contributed by atoms with E-state index in [4.69, 9.17) is 5.73 Å². The molecule has 0 aromatic heterocycles. The van der Waals surface area contributed by atoms with Gasteiger partial charge < -0.3 is 10.6 Å². The molecule has 1 fully saturated rings. The van der Waals surface area contributed by atoms with Gasteiger partial charge in [-0.05, 0) is 24.8 Å². The Labute approximate surface area is 115 Å². The lowest BCUT2D eigenvalue weighted by molar-refractivity contribution is -0.133. The molecule has 1 aromatic rings. The third-order valence-corrected chi connectivity index (χ3v) is 3.93. The van der Waals surface area contributed by atoms with Crippen molar-refractivity contribution >= 4 is 5.91 Å². The third-order valence-electron chi connectivity index (χ3n) is 3.93. The van der Waals surface area contributed by atoms with Gasteiger partial charge in [-0.25, -0.2) is 0 Å². The van der Waals surface area contributed by atoms with E-state index in [1.165, 1.54) is 18.4 Å². The number of aryl methyl sites for hydroxylation is 1. The molecule has 104 valence electrons. The molecule has 0 spiro atoms. The normalized spacial score (nSPS) is 15.6. The predicted molar refractivity (Wildman–Crippen MR) is 77.8 cm³/mol. The van der Waals surface area contributed by atoms with E-state index in [-0.39, 0.29) is 5.91 Å². The van der Waals surface area contributed by atoms with Crippen molar-refractivity contribution in [1.82, 2.24) is 4.90 Å². The van der Waals surface area contributed by atoms with Gasteiger partial charge in [-0.1, -0.05) is 43.2 Å². The number of hydrogen-bond acceptors (Lipinski definition) is 2. The van der Waals surface area contributed by atoms with Gasteiger partial charge in [-0.15, -0.1) is 0 Å². The average molecular weight is 260 g/mol. The smallest absolute Gasteiger partial charge is 0.223 e. The van der Waals surface area contributed by atoms with Crippen molar-refractivity contribution in [2.75, 3.05) is 13.1 Å². The first-order valence-corrected chi connectivity index (χ1v) is 7.34. The summed E-state index contributed by atoms with van der Waals surface area (Å²) in [6, 6.07) is 10.6. The molecule has 0 aliphatic heterocycles. The standard InChI is InChI=1S/C16H24N2O/c17-12-13-18(15-8-4-5-9-15)16(19)11-10-14-6-2-1-3-7-14/h1-3,6-7,15H,4-5,8-13,17H2. The molecular formula is C16H24N2O. The highest BCUT2D eigenvalue weighted by Crippen LogP contribution is 2.24. The third kappa shape index (κ3) is 4.06. The molecule has 2 rings (SSSR count). The van der Waals surface area contributed by atoms with Crippen LogP contribution in [0.2, 0.25) is 0 Å². The van der Waals surface area contributed by atoms with E-state index in [1.807, 2.05) is 23.1 Å². The number of benzene rings is 1. The van der Waals surface area contributed by atoms with Crippen LogP contribution in [0.3, 0.4) is 0 Å². The first kappa shape index (κ1) is 14.1. The molecule has 0 unspecified atom stereocenters. The molecule has 1 aromatic carbocycles. The largest absolute Gasteiger partial charge is 0.338 e. The lowest BCUT2D eigenvalue weighted by atomic mass is 10.1. The second-order valence-electron chi connectivity index (χ2n) is 5.30. The number of carbonyl (C=O) groups is 1. The maximum absolute atomic E-state index is 12.4. The van der Waals surface area contributed by atoms with Crippen LogP contribution in [0.4, 0.5) is 0 Å². The van der Waals surface area contributed by atoms with E-state index in [9.17, 15) is 4.79 Å². The molecule has 19 heavy (non-hydrogen) atoms. The number of rotatable bonds is 6. The van der Waals surface area contributed by atoms with E-state index < -0.39 is 0 Å². The van der Waals surface area contributed by atoms with Crippen LogP contribution in [-0.2, 0) is 11.2 Å². The van der Waals surface area contributed by atoms with Crippen LogP contribution in [-0.4, -0.2) is 29.9 Å². The van der Waals surface area contributed by atoms with Gasteiger partial charge in [0.15, 0.2) is 0 Å². The molecule has 0 saturated heterocycles. The van der Waals surface area contributed by atoms with E-state index in [2.05, 4.69) is 12.1 Å². The summed E-state index contributed by atoms with van der Waals surface area (Å²) in [4.78, 5) is 14.4. The first-order valence-electron chi connectivity index (χ1n) is 7.34. The van der Waals surface area contributed by atoms with Crippen LogP contribution in [0.25, 0.3) is 0 Å². The van der Waals surface area contributed by atoms with Gasteiger partial charge in [0.2, 0.25) is 5.91 Å². The lowest BCUT2D eigenvalue weighted by Gasteiger charge is -2.28. The van der Waals surface area contributed by atoms with Crippen LogP contribution in [0.15, 0.2) is 30.3 Å². The van der Waals surface area contributed by atoms with Gasteiger partial charge in [0.05, 0.1) is 0 Å². The zero-order valence-corrected chi connectivity index (χ0v) is 11.6. The van der Waals surface area contributed by atoms with Crippen molar-refractivity contribution < 1.29 is 4.79 Å². The summed E-state index contributed by atoms with van der Waals surface area (Å²) in [5.41, 5.74) is 6.88. The quantitative estimate of drug-likeness (QED) is 0.853. The first-order chi connectivity index (χ1) is 9.31. The highest BCUT2D eigenvalue weighted by atomic mass is 16.2. The van der Waals surface area contributed by atoms with Crippen molar-refractivity contribution in [2.45, 2.75) is 44.6 Å². The summed E-state index contributed by atoms with van der Waals surface area (Å²) in [6.07, 6.45) is 6.22. The minimum absolute atomic E-state index is 0.265. The molecule has 1 saturated carbocycles. The fourth-order valence-corrected chi connectivity index (χ4v) is 2.91. The van der Waals surface area contributed by atoms with Crippen LogP contribution < -0.4 is 5.73 Å². The number of carbonyl (C=O) groups excluding carboxylic acids is 1. The van der Waals surface area contributed by atoms with Gasteiger partial charge in [0.1, 0.15) is 0 Å². The maximum atomic E-state index is 12.4. The van der Waals surface area contributed by atoms with Gasteiger partial charge in [-0.3, -0.25) is 4.79 Å². The Hall–Kier alpha value is -1.35. The van der Waals surface area contributed by atoms with Gasteiger partial charge in [0, 0.05) is 25.6 Å². The van der Waals surface area contributed by atoms with E-state index >= 15 is 0 Å². The summed E-state index contributed by atoms with van der Waals surface area (Å²) < 4.78 is 0. The minimum Gasteiger partial charge on any atom is -0.338 e. The molecule has 3 heteroatoms. The number of nitrogens with zero attached hydrogens (tertiary/aromatic N) is 1. The number of amides is 1. The number of nitrogens with two attached hydrogens (primary N) is 1. The molecule has 0 bridgehead atoms. The predicted octanol–water partition coefficient (Wildman–Crippen LogP) is 2.35. The Morgan fingerprint density at radius 2 is 1.89 bits per heavy atom. The highest BCUT2D eigenvalue weighted by Gasteiger charge is 2.25. The Morgan fingerprint density at radius 1 is 1.21 bits per heavy atom. The fourth-order valence-electron chi connectivity index (χ4n) is 2.91. The molecule has 1 aliphatic rings. The Morgan fingerprint density at radius 3 is 2.53 bits per heavy atom. The lowest BCUT2D eigenvalue weighted by Crippen LogP contribution is -2.42. The zero-order chi connectivity index (χ0) is 13.5. The topological polar surface area (TPSA) is 46.3 Å². The summed E-state index contributed by atoms with van der Waals surface area (Å²) in [6.45, 7) is 1.27. The Balaban J connectivity index is 1.88. The average Bonchev–Trinajstić information content (AvgIpc) is 2.97. The molecular weight excluding hydrogens is 236 g/mol. The van der Waals surface area contributed by atoms with Crippen molar-refractivity contribution in [2.24, 2.45) is 5.73 Å². The summed E-state index contributed by atoms with van der Waals surface area (Å²) in [5, 5.41) is 0. The minimum atomic E-state index is 0.265. The van der Waals surface area contributed by atoms with Gasteiger partial charge in [0.25, 0.3) is 0 Å². The highest BCUT2D eigenvalue weighted by molar-refractivity contribution is 5.76. The van der Waals surface area contributed by atoms with E-state index in [0.29, 0.717) is 25.6 Å². The SMILES string of the molecule is NCCN(C(=O)CCc1ccccc1)C1CCCC1. The van der Waals surface area contributed by atoms with Crippen LogP contribution in [0.1, 0.15) is 37.7 Å². The molecule has 0 heterocycles. The van der Waals surface area contributed by atoms with E-state index in [1.54, 1.807) is 0 Å². The molecule has 3 nitrogen and oxygen atoms in total. The molecule has 1 amide bonds. The zero-order valence-electron chi connectivity index (χ0n) is 11.6. The summed E-state index contributed by atoms with van der Waals surface area (Å²) >= 11 is 0. The van der Waals surface area contributed by atoms with Crippen LogP contribution in [0, 0.1) is 0 Å². The molecule has 2 N–H and O–H groups in total. The fraction of sp³-hybridized carbons (Fsp3) is 0.562. The van der Waals surface area contributed by atoms with Crippen molar-refractivity contribution in [3.63, 3.8) is 0 Å². The second-order valence-corrected chi connectivity index (χ2v) is 5.30. The monoisotopic (exact) mass is 260 g/mol. The van der Waals surface area contributed by atoms with Crippen molar-refractivity contribution in [3.8, 4) is 0 Å². The Bertz CT molecular complexity index is 385. The van der Waals surface area contributed by atoms with Crippen LogP contribution in [0.5, 0.6) is 0 Å². The molecule has 0 radical (unpaired) electrons. The Kier molecular flexibility index (Phi) is 5.40. The summed E-state index contributed by atoms with van der Waals surface area (Å²) in [5.74, 6) is 0.265. The van der Waals surface area contributed by atoms with Crippen LogP contribution >= 0.6 is 0 Å². The maximum Gasteiger partial charge on any atom is 0.223 e. The molecule has 0 atom stereocenters. The summed E-state index contributed by atoms with van der Waals surface area (Å²) in [7, 11) is 0. The number of hydrogen-bond donors (Lipinski definition) is 1. The second kappa shape index (κ2) is 7.29.